The van der Waals surface area contributed by atoms with E-state index in [4.69, 9.17) is 14.2 Å². The Hall–Kier alpha value is -3.63. The Labute approximate surface area is 185 Å². The molecular formula is C21H27NO10. The number of ether oxygens (including phenoxy) is 4. The van der Waals surface area contributed by atoms with Crippen molar-refractivity contribution in [3.63, 3.8) is 0 Å². The van der Waals surface area contributed by atoms with E-state index in [9.17, 15) is 29.1 Å². The third-order valence-corrected chi connectivity index (χ3v) is 4.04. The number of carboxylic acids is 1. The summed E-state index contributed by atoms with van der Waals surface area (Å²) in [7, 11) is 1.19. The smallest absolute Gasteiger partial charge is 0.359 e. The highest BCUT2D eigenvalue weighted by Crippen LogP contribution is 2.16. The van der Waals surface area contributed by atoms with Crippen molar-refractivity contribution in [2.45, 2.75) is 45.3 Å². The summed E-state index contributed by atoms with van der Waals surface area (Å²) in [5.41, 5.74) is 0.543. The first-order chi connectivity index (χ1) is 15.2. The summed E-state index contributed by atoms with van der Waals surface area (Å²) in [6.45, 7) is 3.28. The molecule has 176 valence electrons. The maximum Gasteiger partial charge on any atom is 0.359 e. The molecule has 0 aliphatic rings. The van der Waals surface area contributed by atoms with Crippen LogP contribution in [0, 0.1) is 0 Å². The van der Waals surface area contributed by atoms with E-state index in [0.717, 1.165) is 0 Å². The molecule has 1 aromatic carbocycles. The molecule has 1 rings (SSSR count). The highest BCUT2D eigenvalue weighted by molar-refractivity contribution is 5.98. The van der Waals surface area contributed by atoms with Crippen LogP contribution >= 0.6 is 0 Å². The molecule has 2 N–H and O–H groups in total. The number of hydrogen-bond donors (Lipinski definition) is 2. The van der Waals surface area contributed by atoms with Crippen molar-refractivity contribution in [2.75, 3.05) is 20.3 Å². The third-order valence-electron chi connectivity index (χ3n) is 4.04. The normalized spacial score (nSPS) is 11.2. The highest BCUT2D eigenvalue weighted by Gasteiger charge is 2.32. The molecule has 0 spiro atoms. The molecule has 1 aromatic rings. The SMILES string of the molecule is CCOC(=O)C(Oc1ccc(CC(NC(=O)CCC(=O)OC)C(=O)O)cc1)C(=O)OCC. The molecule has 1 unspecified atom stereocenters. The van der Waals surface area contributed by atoms with Gasteiger partial charge in [-0.15, -0.1) is 0 Å². The van der Waals surface area contributed by atoms with Crippen LogP contribution in [-0.2, 0) is 44.6 Å². The van der Waals surface area contributed by atoms with E-state index < -0.39 is 41.9 Å². The predicted molar refractivity (Wildman–Crippen MR) is 109 cm³/mol. The number of methoxy groups -OCH3 is 1. The fraction of sp³-hybridized carbons (Fsp3) is 0.476. The first-order valence-electron chi connectivity index (χ1n) is 9.89. The van der Waals surface area contributed by atoms with Crippen LogP contribution < -0.4 is 10.1 Å². The van der Waals surface area contributed by atoms with E-state index in [1.165, 1.54) is 31.4 Å². The Balaban J connectivity index is 2.80. The highest BCUT2D eigenvalue weighted by atomic mass is 16.6. The van der Waals surface area contributed by atoms with Gasteiger partial charge in [-0.25, -0.2) is 14.4 Å². The molecule has 0 saturated carbocycles. The van der Waals surface area contributed by atoms with Crippen molar-refractivity contribution in [1.82, 2.24) is 5.32 Å². The van der Waals surface area contributed by atoms with E-state index in [0.29, 0.717) is 5.56 Å². The average molecular weight is 453 g/mol. The summed E-state index contributed by atoms with van der Waals surface area (Å²) in [5.74, 6) is -4.05. The molecular weight excluding hydrogens is 426 g/mol. The van der Waals surface area contributed by atoms with Crippen molar-refractivity contribution < 1.29 is 48.0 Å². The van der Waals surface area contributed by atoms with Gasteiger partial charge in [-0.3, -0.25) is 9.59 Å². The van der Waals surface area contributed by atoms with Crippen molar-refractivity contribution in [3.8, 4) is 5.75 Å². The van der Waals surface area contributed by atoms with E-state index in [1.807, 2.05) is 0 Å². The fourth-order valence-electron chi connectivity index (χ4n) is 2.49. The van der Waals surface area contributed by atoms with Gasteiger partial charge in [-0.1, -0.05) is 12.1 Å². The number of carboxylic acid groups (broad SMARTS) is 1. The summed E-state index contributed by atoms with van der Waals surface area (Å²) in [4.78, 5) is 58.4. The minimum Gasteiger partial charge on any atom is -0.480 e. The van der Waals surface area contributed by atoms with Crippen LogP contribution in [0.15, 0.2) is 24.3 Å². The number of amides is 1. The number of aliphatic carboxylic acids is 1. The fourth-order valence-corrected chi connectivity index (χ4v) is 2.49. The standard InChI is InChI=1S/C21H27NO10/c1-4-30-20(27)18(21(28)31-5-2)32-14-8-6-13(7-9-14)12-15(19(25)26)22-16(23)10-11-17(24)29-3/h6-9,15,18H,4-5,10-12H2,1-3H3,(H,22,23)(H,25,26). The Morgan fingerprint density at radius 3 is 1.97 bits per heavy atom. The number of benzene rings is 1. The van der Waals surface area contributed by atoms with Gasteiger partial charge in [-0.2, -0.15) is 0 Å². The second-order valence-electron chi connectivity index (χ2n) is 6.38. The van der Waals surface area contributed by atoms with Crippen LogP contribution in [0.1, 0.15) is 32.3 Å². The number of carbonyl (C=O) groups excluding carboxylic acids is 4. The first kappa shape index (κ1) is 26.4. The molecule has 1 amide bonds. The van der Waals surface area contributed by atoms with Gasteiger partial charge < -0.3 is 29.4 Å². The minimum atomic E-state index is -1.60. The zero-order valence-corrected chi connectivity index (χ0v) is 18.1. The molecule has 11 heteroatoms. The monoisotopic (exact) mass is 453 g/mol. The maximum absolute atomic E-state index is 12.0. The number of carbonyl (C=O) groups is 5. The molecule has 1 atom stereocenters. The summed E-state index contributed by atoms with van der Waals surface area (Å²) in [6, 6.07) is 4.72. The molecule has 0 saturated heterocycles. The van der Waals surface area contributed by atoms with Gasteiger partial charge >= 0.3 is 23.9 Å². The molecule has 0 aliphatic heterocycles. The predicted octanol–water partition coefficient (Wildman–Crippen LogP) is 0.625. The summed E-state index contributed by atoms with van der Waals surface area (Å²) in [5, 5.41) is 11.7. The van der Waals surface area contributed by atoms with E-state index in [1.54, 1.807) is 13.8 Å². The molecule has 11 nitrogen and oxygen atoms in total. The number of esters is 3. The van der Waals surface area contributed by atoms with Gasteiger partial charge in [-0.05, 0) is 31.5 Å². The topological polar surface area (TPSA) is 155 Å². The maximum atomic E-state index is 12.0. The third kappa shape index (κ3) is 9.02. The van der Waals surface area contributed by atoms with Crippen molar-refractivity contribution in [3.05, 3.63) is 29.8 Å². The number of rotatable bonds is 13. The summed E-state index contributed by atoms with van der Waals surface area (Å²) >= 11 is 0. The van der Waals surface area contributed by atoms with Gasteiger partial charge in [0.1, 0.15) is 11.8 Å². The molecule has 32 heavy (non-hydrogen) atoms. The van der Waals surface area contributed by atoms with Gasteiger partial charge in [0.2, 0.25) is 5.91 Å². The largest absolute Gasteiger partial charge is 0.480 e. The lowest BCUT2D eigenvalue weighted by molar-refractivity contribution is -0.166. The van der Waals surface area contributed by atoms with Gasteiger partial charge in [0.15, 0.2) is 0 Å². The lowest BCUT2D eigenvalue weighted by Gasteiger charge is -2.17. The minimum absolute atomic E-state index is 0.0429. The number of hydrogen-bond acceptors (Lipinski definition) is 9. The Bertz CT molecular complexity index is 787. The summed E-state index contributed by atoms with van der Waals surface area (Å²) < 4.78 is 19.5. The van der Waals surface area contributed by atoms with E-state index in [2.05, 4.69) is 10.1 Å². The van der Waals surface area contributed by atoms with Crippen LogP contribution in [0.4, 0.5) is 0 Å². The number of nitrogens with one attached hydrogen (secondary N) is 1. The summed E-state index contributed by atoms with van der Waals surface area (Å²) in [6.07, 6.45) is -2.00. The Morgan fingerprint density at radius 1 is 0.938 bits per heavy atom. The van der Waals surface area contributed by atoms with Gasteiger partial charge in [0.05, 0.1) is 26.7 Å². The van der Waals surface area contributed by atoms with E-state index in [-0.39, 0.29) is 38.2 Å². The molecule has 0 aliphatic carbocycles. The zero-order valence-electron chi connectivity index (χ0n) is 18.1. The lowest BCUT2D eigenvalue weighted by atomic mass is 10.1. The van der Waals surface area contributed by atoms with Gasteiger partial charge in [0, 0.05) is 12.8 Å². The van der Waals surface area contributed by atoms with Gasteiger partial charge in [0.25, 0.3) is 6.10 Å². The Morgan fingerprint density at radius 2 is 1.50 bits per heavy atom. The van der Waals surface area contributed by atoms with Crippen molar-refractivity contribution in [1.29, 1.82) is 0 Å². The van der Waals surface area contributed by atoms with Crippen molar-refractivity contribution in [2.24, 2.45) is 0 Å². The molecule has 0 aromatic heterocycles. The quantitative estimate of drug-likeness (QED) is 0.247. The lowest BCUT2D eigenvalue weighted by Crippen LogP contribution is -2.42. The van der Waals surface area contributed by atoms with E-state index >= 15 is 0 Å². The van der Waals surface area contributed by atoms with Crippen LogP contribution in [0.3, 0.4) is 0 Å². The average Bonchev–Trinajstić information content (AvgIpc) is 2.76. The second-order valence-corrected chi connectivity index (χ2v) is 6.38. The van der Waals surface area contributed by atoms with Crippen LogP contribution in [0.25, 0.3) is 0 Å². The first-order valence-corrected chi connectivity index (χ1v) is 9.89. The Kier molecular flexibility index (Phi) is 11.2. The molecule has 0 radical (unpaired) electrons. The van der Waals surface area contributed by atoms with Crippen molar-refractivity contribution >= 4 is 29.8 Å². The second kappa shape index (κ2) is 13.6. The molecule has 0 bridgehead atoms. The zero-order chi connectivity index (χ0) is 24.1. The molecule has 0 heterocycles. The van der Waals surface area contributed by atoms with Crippen LogP contribution in [0.5, 0.6) is 5.75 Å². The van der Waals surface area contributed by atoms with Crippen LogP contribution in [0.2, 0.25) is 0 Å². The van der Waals surface area contributed by atoms with Crippen LogP contribution in [-0.4, -0.2) is 67.4 Å². The molecule has 0 fully saturated rings.